The highest BCUT2D eigenvalue weighted by atomic mass is 35.5. The van der Waals surface area contributed by atoms with E-state index in [-0.39, 0.29) is 12.5 Å². The maximum absolute atomic E-state index is 12.2. The Bertz CT molecular complexity index is 675. The molecule has 1 aromatic carbocycles. The van der Waals surface area contributed by atoms with E-state index >= 15 is 0 Å². The predicted octanol–water partition coefficient (Wildman–Crippen LogP) is 3.49. The van der Waals surface area contributed by atoms with Crippen molar-refractivity contribution in [3.8, 4) is 11.5 Å². The monoisotopic (exact) mass is 354 g/mol. The van der Waals surface area contributed by atoms with E-state index in [1.54, 1.807) is 32.4 Å². The molecule has 0 aliphatic heterocycles. The number of amides is 1. The van der Waals surface area contributed by atoms with Crippen molar-refractivity contribution < 1.29 is 14.3 Å². The van der Waals surface area contributed by atoms with Gasteiger partial charge in [0.05, 0.1) is 30.8 Å². The Kier molecular flexibility index (Phi) is 6.27. The largest absolute Gasteiger partial charge is 0.497 e. The van der Waals surface area contributed by atoms with Crippen molar-refractivity contribution in [3.05, 3.63) is 39.5 Å². The van der Waals surface area contributed by atoms with Gasteiger partial charge in [0.25, 0.3) is 0 Å². The summed E-state index contributed by atoms with van der Waals surface area (Å²) in [6, 6.07) is 9.09. The number of hydrogen-bond donors (Lipinski definition) is 1. The molecule has 0 bridgehead atoms. The van der Waals surface area contributed by atoms with Crippen LogP contribution in [0.4, 0.5) is 5.69 Å². The minimum absolute atomic E-state index is 0.112. The number of hydrogen-bond acceptors (Lipinski definition) is 5. The summed E-state index contributed by atoms with van der Waals surface area (Å²) in [6.45, 7) is 0.940. The molecule has 0 aliphatic carbocycles. The van der Waals surface area contributed by atoms with Gasteiger partial charge in [0.1, 0.15) is 11.5 Å². The Balaban J connectivity index is 1.93. The number of nitrogens with one attached hydrogen (secondary N) is 1. The van der Waals surface area contributed by atoms with Gasteiger partial charge in [0.2, 0.25) is 5.91 Å². The zero-order valence-electron chi connectivity index (χ0n) is 13.3. The number of carbonyl (C=O) groups excluding carboxylic acids is 1. The van der Waals surface area contributed by atoms with Crippen molar-refractivity contribution in [2.45, 2.75) is 6.54 Å². The van der Waals surface area contributed by atoms with Crippen molar-refractivity contribution >= 4 is 34.5 Å². The first-order valence-electron chi connectivity index (χ1n) is 6.96. The number of nitrogens with zero attached hydrogens (tertiary/aromatic N) is 1. The van der Waals surface area contributed by atoms with Crippen LogP contribution in [-0.2, 0) is 11.3 Å². The van der Waals surface area contributed by atoms with Gasteiger partial charge in [-0.2, -0.15) is 0 Å². The molecule has 2 rings (SSSR count). The number of halogens is 1. The van der Waals surface area contributed by atoms with E-state index < -0.39 is 0 Å². The molecule has 0 atom stereocenters. The maximum Gasteiger partial charge on any atom is 0.238 e. The van der Waals surface area contributed by atoms with E-state index in [1.165, 1.54) is 11.3 Å². The Labute approximate surface area is 144 Å². The number of benzene rings is 1. The minimum atomic E-state index is -0.112. The van der Waals surface area contributed by atoms with E-state index in [9.17, 15) is 4.79 Å². The van der Waals surface area contributed by atoms with Crippen molar-refractivity contribution in [3.63, 3.8) is 0 Å². The zero-order valence-corrected chi connectivity index (χ0v) is 14.8. The lowest BCUT2D eigenvalue weighted by molar-refractivity contribution is -0.117. The molecular weight excluding hydrogens is 336 g/mol. The highest BCUT2D eigenvalue weighted by Crippen LogP contribution is 2.29. The van der Waals surface area contributed by atoms with Crippen molar-refractivity contribution in [1.82, 2.24) is 4.90 Å². The van der Waals surface area contributed by atoms with Gasteiger partial charge in [-0.05, 0) is 31.3 Å². The molecule has 124 valence electrons. The lowest BCUT2D eigenvalue weighted by Gasteiger charge is -2.16. The molecule has 0 radical (unpaired) electrons. The smallest absolute Gasteiger partial charge is 0.238 e. The summed E-state index contributed by atoms with van der Waals surface area (Å²) in [5.41, 5.74) is 0.617. The van der Waals surface area contributed by atoms with Crippen LogP contribution in [0.15, 0.2) is 30.3 Å². The molecule has 2 aromatic rings. The van der Waals surface area contributed by atoms with Gasteiger partial charge < -0.3 is 14.8 Å². The molecule has 0 unspecified atom stereocenters. The van der Waals surface area contributed by atoms with E-state index in [4.69, 9.17) is 21.1 Å². The summed E-state index contributed by atoms with van der Waals surface area (Å²) >= 11 is 7.43. The van der Waals surface area contributed by atoms with Crippen molar-refractivity contribution in [1.29, 1.82) is 0 Å². The van der Waals surface area contributed by atoms with Gasteiger partial charge in [-0.3, -0.25) is 9.69 Å². The second-order valence-electron chi connectivity index (χ2n) is 4.99. The average molecular weight is 355 g/mol. The van der Waals surface area contributed by atoms with Crippen LogP contribution in [-0.4, -0.2) is 38.6 Å². The average Bonchev–Trinajstić information content (AvgIpc) is 2.92. The standard InChI is InChI=1S/C16H19ClN2O3S/c1-19(9-12-5-7-15(17)23-12)10-16(20)18-13-6-4-11(21-2)8-14(13)22-3/h4-8H,9-10H2,1-3H3,(H,18,20). The van der Waals surface area contributed by atoms with Crippen LogP contribution in [0.1, 0.15) is 4.88 Å². The van der Waals surface area contributed by atoms with Gasteiger partial charge in [0.15, 0.2) is 0 Å². The Morgan fingerprint density at radius 3 is 2.65 bits per heavy atom. The maximum atomic E-state index is 12.2. The highest BCUT2D eigenvalue weighted by Gasteiger charge is 2.12. The fraction of sp³-hybridized carbons (Fsp3) is 0.312. The summed E-state index contributed by atoms with van der Waals surface area (Å²) in [4.78, 5) is 15.2. The summed E-state index contributed by atoms with van der Waals surface area (Å²) in [5, 5.41) is 2.85. The predicted molar refractivity (Wildman–Crippen MR) is 93.8 cm³/mol. The lowest BCUT2D eigenvalue weighted by atomic mass is 10.2. The number of likely N-dealkylation sites (N-methyl/N-ethyl adjacent to an activating group) is 1. The number of ether oxygens (including phenoxy) is 2. The molecular formula is C16H19ClN2O3S. The molecule has 7 heteroatoms. The van der Waals surface area contributed by atoms with Crippen LogP contribution in [0.3, 0.4) is 0 Å². The fourth-order valence-electron chi connectivity index (χ4n) is 2.10. The third kappa shape index (κ3) is 5.13. The molecule has 1 amide bonds. The van der Waals surface area contributed by atoms with E-state index in [1.807, 2.05) is 24.1 Å². The Morgan fingerprint density at radius 2 is 2.04 bits per heavy atom. The second kappa shape index (κ2) is 8.19. The third-order valence-corrected chi connectivity index (χ3v) is 4.37. The number of rotatable bonds is 7. The molecule has 1 aromatic heterocycles. The third-order valence-electron chi connectivity index (χ3n) is 3.15. The van der Waals surface area contributed by atoms with Crippen LogP contribution in [0.25, 0.3) is 0 Å². The van der Waals surface area contributed by atoms with Gasteiger partial charge >= 0.3 is 0 Å². The van der Waals surface area contributed by atoms with E-state index in [2.05, 4.69) is 5.32 Å². The SMILES string of the molecule is COc1ccc(NC(=O)CN(C)Cc2ccc(Cl)s2)c(OC)c1. The molecule has 1 N–H and O–H groups in total. The second-order valence-corrected chi connectivity index (χ2v) is 6.79. The molecule has 5 nitrogen and oxygen atoms in total. The minimum Gasteiger partial charge on any atom is -0.497 e. The molecule has 1 heterocycles. The van der Waals surface area contributed by atoms with E-state index in [0.29, 0.717) is 23.7 Å². The van der Waals surface area contributed by atoms with Crippen LogP contribution in [0.5, 0.6) is 11.5 Å². The van der Waals surface area contributed by atoms with Gasteiger partial charge in [-0.15, -0.1) is 11.3 Å². The Morgan fingerprint density at radius 1 is 1.26 bits per heavy atom. The van der Waals surface area contributed by atoms with Gasteiger partial charge in [-0.1, -0.05) is 11.6 Å². The van der Waals surface area contributed by atoms with Gasteiger partial charge in [0, 0.05) is 17.5 Å². The summed E-state index contributed by atoms with van der Waals surface area (Å²) in [7, 11) is 5.02. The fourth-order valence-corrected chi connectivity index (χ4v) is 3.26. The molecule has 23 heavy (non-hydrogen) atoms. The van der Waals surface area contributed by atoms with Crippen molar-refractivity contribution in [2.24, 2.45) is 0 Å². The quantitative estimate of drug-likeness (QED) is 0.827. The zero-order chi connectivity index (χ0) is 16.8. The molecule has 0 fully saturated rings. The molecule has 0 aliphatic rings. The molecule has 0 saturated heterocycles. The summed E-state index contributed by atoms with van der Waals surface area (Å²) in [6.07, 6.45) is 0. The van der Waals surface area contributed by atoms with Crippen LogP contribution in [0, 0.1) is 0 Å². The first-order chi connectivity index (χ1) is 11.0. The first kappa shape index (κ1) is 17.6. The molecule has 0 saturated carbocycles. The number of methoxy groups -OCH3 is 2. The number of thiophene rings is 1. The first-order valence-corrected chi connectivity index (χ1v) is 8.16. The number of carbonyl (C=O) groups is 1. The Hall–Kier alpha value is -1.76. The lowest BCUT2D eigenvalue weighted by Crippen LogP contribution is -2.29. The van der Waals surface area contributed by atoms with Gasteiger partial charge in [-0.25, -0.2) is 0 Å². The van der Waals surface area contributed by atoms with Crippen LogP contribution >= 0.6 is 22.9 Å². The van der Waals surface area contributed by atoms with Crippen LogP contribution in [0.2, 0.25) is 4.34 Å². The van der Waals surface area contributed by atoms with E-state index in [0.717, 1.165) is 9.21 Å². The summed E-state index contributed by atoms with van der Waals surface area (Å²) in [5.74, 6) is 1.12. The normalized spacial score (nSPS) is 10.7. The van der Waals surface area contributed by atoms with Crippen molar-refractivity contribution in [2.75, 3.05) is 33.1 Å². The summed E-state index contributed by atoms with van der Waals surface area (Å²) < 4.78 is 11.2. The highest BCUT2D eigenvalue weighted by molar-refractivity contribution is 7.16. The topological polar surface area (TPSA) is 50.8 Å². The van der Waals surface area contributed by atoms with Crippen LogP contribution < -0.4 is 14.8 Å². The number of anilines is 1. The molecule has 0 spiro atoms.